The fourth-order valence-electron chi connectivity index (χ4n) is 4.58. The Morgan fingerprint density at radius 3 is 2.66 bits per heavy atom. The molecule has 9 nitrogen and oxygen atoms in total. The van der Waals surface area contributed by atoms with Crippen molar-refractivity contribution >= 4 is 16.9 Å². The van der Waals surface area contributed by atoms with Gasteiger partial charge in [0.15, 0.2) is 11.5 Å². The van der Waals surface area contributed by atoms with E-state index in [-0.39, 0.29) is 31.6 Å². The van der Waals surface area contributed by atoms with Gasteiger partial charge in [0.2, 0.25) is 0 Å². The average molecular weight is 526 g/mol. The number of carbonyl (C=O) groups excluding carboxylic acids is 1. The molecule has 0 spiro atoms. The van der Waals surface area contributed by atoms with Crippen molar-refractivity contribution in [1.29, 1.82) is 5.26 Å². The number of piperazine rings is 1. The first-order valence-electron chi connectivity index (χ1n) is 11.8. The molecule has 5 heterocycles. The third-order valence-corrected chi connectivity index (χ3v) is 6.59. The number of nitrogens with zero attached hydrogens (tertiary/aromatic N) is 7. The van der Waals surface area contributed by atoms with Crippen molar-refractivity contribution in [2.75, 3.05) is 32.7 Å². The number of H-pyrrole nitrogens is 1. The number of carbonyl (C=O) groups is 1. The van der Waals surface area contributed by atoms with Gasteiger partial charge in [-0.15, -0.1) is 0 Å². The van der Waals surface area contributed by atoms with Crippen molar-refractivity contribution in [3.8, 4) is 17.3 Å². The van der Waals surface area contributed by atoms with E-state index in [9.17, 15) is 27.6 Å². The summed E-state index contributed by atoms with van der Waals surface area (Å²) in [4.78, 5) is 31.3. The van der Waals surface area contributed by atoms with Gasteiger partial charge in [0.1, 0.15) is 12.0 Å². The monoisotopic (exact) mass is 526 g/mol. The van der Waals surface area contributed by atoms with E-state index >= 15 is 0 Å². The normalized spacial score (nSPS) is 15.5. The SMILES string of the molecule is N#CCC(CN1CCN(C(=O)c2ncc(C(F)(F)F)cc2F)CC1)n1ccc(-c2ncnc3[nH]ccc23)c1. The molecule has 0 saturated carbocycles. The van der Waals surface area contributed by atoms with Gasteiger partial charge in [0, 0.05) is 68.5 Å². The summed E-state index contributed by atoms with van der Waals surface area (Å²) in [6, 6.07) is 6.19. The van der Waals surface area contributed by atoms with Crippen LogP contribution in [0.15, 0.2) is 49.3 Å². The molecule has 5 rings (SSSR count). The summed E-state index contributed by atoms with van der Waals surface area (Å²) in [5.74, 6) is -2.05. The maximum Gasteiger partial charge on any atom is 0.417 e. The number of hydrogen-bond acceptors (Lipinski definition) is 6. The molecular weight excluding hydrogens is 504 g/mol. The van der Waals surface area contributed by atoms with Crippen LogP contribution in [0.4, 0.5) is 17.6 Å². The minimum absolute atomic E-state index is 0.159. The predicted octanol–water partition coefficient (Wildman–Crippen LogP) is 3.89. The molecular formula is C25H22F4N8O. The van der Waals surface area contributed by atoms with Crippen molar-refractivity contribution in [3.63, 3.8) is 0 Å². The summed E-state index contributed by atoms with van der Waals surface area (Å²) < 4.78 is 54.5. The van der Waals surface area contributed by atoms with Crippen LogP contribution >= 0.6 is 0 Å². The predicted molar refractivity (Wildman–Crippen MR) is 128 cm³/mol. The molecule has 196 valence electrons. The Morgan fingerprint density at radius 1 is 1.16 bits per heavy atom. The van der Waals surface area contributed by atoms with Crippen molar-refractivity contribution in [3.05, 3.63) is 66.4 Å². The summed E-state index contributed by atoms with van der Waals surface area (Å²) in [6.07, 6.45) is 3.11. The molecule has 0 aromatic carbocycles. The van der Waals surface area contributed by atoms with Gasteiger partial charge in [0.05, 0.1) is 29.8 Å². The zero-order valence-electron chi connectivity index (χ0n) is 20.0. The minimum Gasteiger partial charge on any atom is -0.348 e. The number of aromatic amines is 1. The maximum absolute atomic E-state index is 14.2. The lowest BCUT2D eigenvalue weighted by Crippen LogP contribution is -2.50. The van der Waals surface area contributed by atoms with Gasteiger partial charge >= 0.3 is 6.18 Å². The Morgan fingerprint density at radius 2 is 1.95 bits per heavy atom. The van der Waals surface area contributed by atoms with Gasteiger partial charge in [-0.1, -0.05) is 0 Å². The van der Waals surface area contributed by atoms with Gasteiger partial charge in [0.25, 0.3) is 5.91 Å². The number of hydrogen-bond donors (Lipinski definition) is 1. The van der Waals surface area contributed by atoms with Gasteiger partial charge in [-0.3, -0.25) is 9.69 Å². The first kappa shape index (κ1) is 25.3. The quantitative estimate of drug-likeness (QED) is 0.382. The molecule has 4 aromatic heterocycles. The number of amides is 1. The van der Waals surface area contributed by atoms with E-state index in [0.29, 0.717) is 25.8 Å². The molecule has 4 aromatic rings. The van der Waals surface area contributed by atoms with Crippen LogP contribution in [-0.4, -0.2) is 72.9 Å². The van der Waals surface area contributed by atoms with Gasteiger partial charge in [-0.2, -0.15) is 18.4 Å². The van der Waals surface area contributed by atoms with Crippen LogP contribution in [-0.2, 0) is 6.18 Å². The number of halogens is 4. The molecule has 1 fully saturated rings. The molecule has 1 unspecified atom stereocenters. The number of alkyl halides is 3. The summed E-state index contributed by atoms with van der Waals surface area (Å²) in [6.45, 7) is 1.97. The molecule has 1 atom stereocenters. The number of aromatic nitrogens is 5. The van der Waals surface area contributed by atoms with Crippen LogP contribution < -0.4 is 0 Å². The topological polar surface area (TPSA) is 107 Å². The van der Waals surface area contributed by atoms with Crippen LogP contribution in [0.3, 0.4) is 0 Å². The maximum atomic E-state index is 14.2. The van der Waals surface area contributed by atoms with Gasteiger partial charge in [-0.25, -0.2) is 19.3 Å². The Kier molecular flexibility index (Phi) is 6.81. The third kappa shape index (κ3) is 5.08. The summed E-state index contributed by atoms with van der Waals surface area (Å²) >= 11 is 0. The molecule has 1 N–H and O–H groups in total. The smallest absolute Gasteiger partial charge is 0.348 e. The van der Waals surface area contributed by atoms with E-state index in [1.807, 2.05) is 29.1 Å². The summed E-state index contributed by atoms with van der Waals surface area (Å²) in [5, 5.41) is 10.3. The van der Waals surface area contributed by atoms with Crippen molar-refractivity contribution in [2.45, 2.75) is 18.6 Å². The highest BCUT2D eigenvalue weighted by Gasteiger charge is 2.33. The molecule has 1 aliphatic rings. The standard InChI is InChI=1S/C25H22F4N8O/c26-20-11-17(25(27,28)29)12-32-22(20)24(38)36-9-7-35(8-10-36)14-18(1-4-30)37-6-3-16(13-37)21-19-2-5-31-23(19)34-15-33-21/h2-3,5-6,11-13,15,18H,1,7-10,14H2,(H,31,33,34). The lowest BCUT2D eigenvalue weighted by atomic mass is 10.1. The molecule has 38 heavy (non-hydrogen) atoms. The number of rotatable bonds is 6. The number of fused-ring (bicyclic) bond motifs is 1. The number of pyridine rings is 1. The van der Waals surface area contributed by atoms with Crippen molar-refractivity contribution in [1.82, 2.24) is 34.3 Å². The Bertz CT molecular complexity index is 1500. The number of nitriles is 1. The molecule has 0 aliphatic carbocycles. The first-order chi connectivity index (χ1) is 18.2. The fourth-order valence-corrected chi connectivity index (χ4v) is 4.58. The van der Waals surface area contributed by atoms with Crippen molar-refractivity contribution in [2.24, 2.45) is 0 Å². The van der Waals surface area contributed by atoms with E-state index < -0.39 is 29.2 Å². The lowest BCUT2D eigenvalue weighted by Gasteiger charge is -2.36. The van der Waals surface area contributed by atoms with E-state index in [0.717, 1.165) is 22.3 Å². The molecule has 1 saturated heterocycles. The van der Waals surface area contributed by atoms with E-state index in [2.05, 4.69) is 30.9 Å². The van der Waals surface area contributed by atoms with Crippen LogP contribution in [0.5, 0.6) is 0 Å². The molecule has 0 radical (unpaired) electrons. The van der Waals surface area contributed by atoms with Crippen LogP contribution in [0.2, 0.25) is 0 Å². The van der Waals surface area contributed by atoms with Crippen LogP contribution in [0.25, 0.3) is 22.3 Å². The summed E-state index contributed by atoms with van der Waals surface area (Å²) in [7, 11) is 0. The second-order valence-corrected chi connectivity index (χ2v) is 8.97. The zero-order valence-corrected chi connectivity index (χ0v) is 20.0. The molecule has 13 heteroatoms. The highest BCUT2D eigenvalue weighted by atomic mass is 19.4. The van der Waals surface area contributed by atoms with E-state index in [1.165, 1.54) is 11.2 Å². The van der Waals surface area contributed by atoms with Crippen molar-refractivity contribution < 1.29 is 22.4 Å². The second-order valence-electron chi connectivity index (χ2n) is 8.97. The van der Waals surface area contributed by atoms with Crippen LogP contribution in [0, 0.1) is 17.1 Å². The largest absolute Gasteiger partial charge is 0.417 e. The number of nitrogens with one attached hydrogen (secondary N) is 1. The second kappa shape index (κ2) is 10.2. The summed E-state index contributed by atoms with van der Waals surface area (Å²) in [5.41, 5.74) is 0.527. The Hall–Kier alpha value is -4.31. The van der Waals surface area contributed by atoms with Gasteiger partial charge in [-0.05, 0) is 18.2 Å². The lowest BCUT2D eigenvalue weighted by molar-refractivity contribution is -0.138. The average Bonchev–Trinajstić information content (AvgIpc) is 3.58. The molecule has 0 bridgehead atoms. The van der Waals surface area contributed by atoms with Crippen LogP contribution in [0.1, 0.15) is 28.5 Å². The Labute approximate surface area is 214 Å². The fraction of sp³-hybridized carbons (Fsp3) is 0.320. The Balaban J connectivity index is 1.24. The molecule has 1 amide bonds. The zero-order chi connectivity index (χ0) is 26.9. The van der Waals surface area contributed by atoms with E-state index in [1.54, 1.807) is 6.20 Å². The van der Waals surface area contributed by atoms with E-state index in [4.69, 9.17) is 0 Å². The highest BCUT2D eigenvalue weighted by Crippen LogP contribution is 2.30. The van der Waals surface area contributed by atoms with Gasteiger partial charge < -0.3 is 14.5 Å². The molecule has 1 aliphatic heterocycles. The first-order valence-corrected chi connectivity index (χ1v) is 11.8. The third-order valence-electron chi connectivity index (χ3n) is 6.59. The minimum atomic E-state index is -4.75. The highest BCUT2D eigenvalue weighted by molar-refractivity contribution is 5.92.